The minimum absolute atomic E-state index is 0.318. The summed E-state index contributed by atoms with van der Waals surface area (Å²) in [7, 11) is 0. The van der Waals surface area contributed by atoms with Gasteiger partial charge in [-0.05, 0) is 18.2 Å². The molecule has 0 radical (unpaired) electrons. The molecule has 2 aromatic rings. The normalized spacial score (nSPS) is 10.5. The second kappa shape index (κ2) is 4.35. The van der Waals surface area contributed by atoms with Crippen LogP contribution in [0.3, 0.4) is 0 Å². The fourth-order valence-electron chi connectivity index (χ4n) is 1.11. The quantitative estimate of drug-likeness (QED) is 0.643. The molecule has 1 aromatic heterocycles. The van der Waals surface area contributed by atoms with E-state index in [9.17, 15) is 4.39 Å². The van der Waals surface area contributed by atoms with Crippen molar-refractivity contribution in [1.29, 1.82) is 0 Å². The van der Waals surface area contributed by atoms with E-state index in [0.29, 0.717) is 11.4 Å². The highest BCUT2D eigenvalue weighted by Crippen LogP contribution is 2.28. The second-order valence-corrected chi connectivity index (χ2v) is 4.02. The predicted octanol–water partition coefficient (Wildman–Crippen LogP) is 2.69. The zero-order chi connectivity index (χ0) is 10.7. The molecule has 0 atom stereocenters. The van der Waals surface area contributed by atoms with E-state index in [0.717, 1.165) is 10.5 Å². The van der Waals surface area contributed by atoms with Crippen molar-refractivity contribution in [2.24, 2.45) is 0 Å². The Morgan fingerprint density at radius 2 is 2.33 bits per heavy atom. The van der Waals surface area contributed by atoms with Crippen LogP contribution < -0.4 is 5.73 Å². The molecule has 0 aliphatic heterocycles. The van der Waals surface area contributed by atoms with E-state index >= 15 is 0 Å². The minimum atomic E-state index is -0.318. The van der Waals surface area contributed by atoms with E-state index in [1.165, 1.54) is 23.9 Å². The van der Waals surface area contributed by atoms with Crippen molar-refractivity contribution in [1.82, 2.24) is 5.16 Å². The summed E-state index contributed by atoms with van der Waals surface area (Å²) in [6.45, 7) is 0. The highest BCUT2D eigenvalue weighted by molar-refractivity contribution is 7.98. The van der Waals surface area contributed by atoms with Crippen LogP contribution in [0, 0.1) is 5.82 Å². The Morgan fingerprint density at radius 3 is 3.00 bits per heavy atom. The van der Waals surface area contributed by atoms with E-state index in [1.54, 1.807) is 18.5 Å². The van der Waals surface area contributed by atoms with Gasteiger partial charge < -0.3 is 10.3 Å². The first-order valence-electron chi connectivity index (χ1n) is 4.32. The number of nitrogens with two attached hydrogens (primary N) is 1. The molecule has 0 bridgehead atoms. The maximum absolute atomic E-state index is 12.7. The number of hydrogen-bond acceptors (Lipinski definition) is 4. The number of thioether (sulfide) groups is 1. The molecular formula is C10H9FN2OS. The smallest absolute Gasteiger partial charge is 0.127 e. The molecule has 0 saturated carbocycles. The largest absolute Gasteiger partial charge is 0.398 e. The third kappa shape index (κ3) is 2.50. The molecule has 1 aromatic carbocycles. The Hall–Kier alpha value is -1.49. The van der Waals surface area contributed by atoms with Gasteiger partial charge in [-0.1, -0.05) is 5.16 Å². The van der Waals surface area contributed by atoms with Crippen LogP contribution in [-0.4, -0.2) is 5.16 Å². The summed E-state index contributed by atoms with van der Waals surface area (Å²) >= 11 is 1.52. The van der Waals surface area contributed by atoms with E-state index < -0.39 is 0 Å². The Morgan fingerprint density at radius 1 is 1.47 bits per heavy atom. The molecular weight excluding hydrogens is 215 g/mol. The van der Waals surface area contributed by atoms with E-state index in [1.807, 2.05) is 0 Å². The van der Waals surface area contributed by atoms with Gasteiger partial charge in [-0.25, -0.2) is 4.39 Å². The topological polar surface area (TPSA) is 52.0 Å². The summed E-state index contributed by atoms with van der Waals surface area (Å²) in [6, 6.07) is 4.38. The van der Waals surface area contributed by atoms with Crippen molar-refractivity contribution in [2.75, 3.05) is 5.73 Å². The number of halogens is 1. The number of anilines is 1. The first kappa shape index (κ1) is 10.0. The van der Waals surface area contributed by atoms with Gasteiger partial charge in [0.2, 0.25) is 0 Å². The number of benzene rings is 1. The SMILES string of the molecule is Nc1cc(F)ccc1SCc1cnoc1. The van der Waals surface area contributed by atoms with Crippen molar-refractivity contribution in [2.45, 2.75) is 10.6 Å². The molecule has 0 unspecified atom stereocenters. The monoisotopic (exact) mass is 224 g/mol. The van der Waals surface area contributed by atoms with Gasteiger partial charge in [-0.15, -0.1) is 11.8 Å². The van der Waals surface area contributed by atoms with Crippen LogP contribution in [0.15, 0.2) is 40.1 Å². The lowest BCUT2D eigenvalue weighted by Gasteiger charge is -2.03. The van der Waals surface area contributed by atoms with Crippen LogP contribution >= 0.6 is 11.8 Å². The summed E-state index contributed by atoms with van der Waals surface area (Å²) < 4.78 is 17.4. The van der Waals surface area contributed by atoms with Gasteiger partial charge in [0.15, 0.2) is 0 Å². The third-order valence-corrected chi connectivity index (χ3v) is 3.01. The lowest BCUT2D eigenvalue weighted by atomic mass is 10.3. The number of hydrogen-bond donors (Lipinski definition) is 1. The first-order chi connectivity index (χ1) is 7.25. The second-order valence-electron chi connectivity index (χ2n) is 3.00. The van der Waals surface area contributed by atoms with Crippen molar-refractivity contribution in [3.05, 3.63) is 42.0 Å². The molecule has 5 heteroatoms. The third-order valence-electron chi connectivity index (χ3n) is 1.85. The average molecular weight is 224 g/mol. The molecule has 78 valence electrons. The van der Waals surface area contributed by atoms with Gasteiger partial charge in [0, 0.05) is 21.9 Å². The van der Waals surface area contributed by atoms with Crippen LogP contribution in [0.1, 0.15) is 5.56 Å². The Labute approximate surface area is 90.4 Å². The van der Waals surface area contributed by atoms with Gasteiger partial charge in [-0.2, -0.15) is 0 Å². The van der Waals surface area contributed by atoms with E-state index in [4.69, 9.17) is 10.3 Å². The van der Waals surface area contributed by atoms with Crippen LogP contribution in [-0.2, 0) is 5.75 Å². The molecule has 0 saturated heterocycles. The Bertz CT molecular complexity index is 445. The molecule has 1 heterocycles. The lowest BCUT2D eigenvalue weighted by molar-refractivity contribution is 0.419. The number of rotatable bonds is 3. The van der Waals surface area contributed by atoms with Gasteiger partial charge in [0.05, 0.1) is 6.20 Å². The van der Waals surface area contributed by atoms with Gasteiger partial charge in [-0.3, -0.25) is 0 Å². The van der Waals surface area contributed by atoms with Gasteiger partial charge in [0.25, 0.3) is 0 Å². The number of nitrogens with zero attached hydrogens (tertiary/aromatic N) is 1. The van der Waals surface area contributed by atoms with Crippen LogP contribution in [0.5, 0.6) is 0 Å². The molecule has 0 aliphatic rings. The number of nitrogen functional groups attached to an aromatic ring is 1. The van der Waals surface area contributed by atoms with Crippen LogP contribution in [0.2, 0.25) is 0 Å². The standard InChI is InChI=1S/C10H9FN2OS/c11-8-1-2-10(9(12)3-8)15-6-7-4-13-14-5-7/h1-5H,6,12H2. The highest BCUT2D eigenvalue weighted by atomic mass is 32.2. The average Bonchev–Trinajstić information content (AvgIpc) is 2.69. The van der Waals surface area contributed by atoms with Crippen molar-refractivity contribution >= 4 is 17.4 Å². The summed E-state index contributed by atoms with van der Waals surface area (Å²) in [6.07, 6.45) is 3.22. The molecule has 15 heavy (non-hydrogen) atoms. The fourth-order valence-corrected chi connectivity index (χ4v) is 1.96. The van der Waals surface area contributed by atoms with Crippen molar-refractivity contribution < 1.29 is 8.91 Å². The Balaban J connectivity index is 2.05. The zero-order valence-electron chi connectivity index (χ0n) is 7.81. The maximum atomic E-state index is 12.7. The summed E-state index contributed by atoms with van der Waals surface area (Å²) in [5.41, 5.74) is 7.09. The van der Waals surface area contributed by atoms with Crippen molar-refractivity contribution in [3.8, 4) is 0 Å². The summed E-state index contributed by atoms with van der Waals surface area (Å²) in [5, 5.41) is 3.59. The maximum Gasteiger partial charge on any atom is 0.127 e. The number of aromatic nitrogens is 1. The fraction of sp³-hybridized carbons (Fsp3) is 0.100. The van der Waals surface area contributed by atoms with Gasteiger partial charge in [0.1, 0.15) is 12.1 Å². The molecule has 0 aliphatic carbocycles. The van der Waals surface area contributed by atoms with Crippen molar-refractivity contribution in [3.63, 3.8) is 0 Å². The van der Waals surface area contributed by atoms with E-state index in [-0.39, 0.29) is 5.82 Å². The summed E-state index contributed by atoms with van der Waals surface area (Å²) in [4.78, 5) is 0.859. The molecule has 0 spiro atoms. The first-order valence-corrected chi connectivity index (χ1v) is 5.30. The lowest BCUT2D eigenvalue weighted by Crippen LogP contribution is -1.89. The Kier molecular flexibility index (Phi) is 2.91. The molecule has 2 rings (SSSR count). The zero-order valence-corrected chi connectivity index (χ0v) is 8.63. The minimum Gasteiger partial charge on any atom is -0.398 e. The van der Waals surface area contributed by atoms with Gasteiger partial charge >= 0.3 is 0 Å². The molecule has 0 fully saturated rings. The summed E-state index contributed by atoms with van der Waals surface area (Å²) in [5.74, 6) is 0.390. The molecule has 3 nitrogen and oxygen atoms in total. The van der Waals surface area contributed by atoms with Crippen LogP contribution in [0.4, 0.5) is 10.1 Å². The van der Waals surface area contributed by atoms with Crippen LogP contribution in [0.25, 0.3) is 0 Å². The predicted molar refractivity (Wildman–Crippen MR) is 56.9 cm³/mol. The highest BCUT2D eigenvalue weighted by Gasteiger charge is 2.03. The molecule has 2 N–H and O–H groups in total. The van der Waals surface area contributed by atoms with E-state index in [2.05, 4.69) is 5.16 Å². The molecule has 0 amide bonds.